The number of alkyl halides is 1. The van der Waals surface area contributed by atoms with Gasteiger partial charge in [-0.05, 0) is 42.3 Å². The SMILES string of the molecule is Cc1ccc(F)cc1C(Cl)Cc1nc2ccccc2s1. The maximum atomic E-state index is 13.3. The van der Waals surface area contributed by atoms with Crippen LogP contribution in [0.2, 0.25) is 0 Å². The van der Waals surface area contributed by atoms with Crippen LogP contribution in [0, 0.1) is 12.7 Å². The topological polar surface area (TPSA) is 12.9 Å². The van der Waals surface area contributed by atoms with Crippen molar-refractivity contribution < 1.29 is 4.39 Å². The third-order valence-electron chi connectivity index (χ3n) is 3.27. The Kier molecular flexibility index (Phi) is 3.72. The van der Waals surface area contributed by atoms with Gasteiger partial charge in [0.2, 0.25) is 0 Å². The largest absolute Gasteiger partial charge is 0.241 e. The molecule has 3 aromatic rings. The minimum atomic E-state index is -0.258. The Bertz CT molecular complexity index is 720. The molecular weight excluding hydrogens is 293 g/mol. The van der Waals surface area contributed by atoms with Crippen molar-refractivity contribution in [3.8, 4) is 0 Å². The number of rotatable bonds is 3. The molecule has 4 heteroatoms. The van der Waals surface area contributed by atoms with Crippen LogP contribution in [-0.4, -0.2) is 4.98 Å². The van der Waals surface area contributed by atoms with Gasteiger partial charge in [-0.15, -0.1) is 22.9 Å². The van der Waals surface area contributed by atoms with Gasteiger partial charge in [0.25, 0.3) is 0 Å². The van der Waals surface area contributed by atoms with Gasteiger partial charge in [-0.25, -0.2) is 9.37 Å². The molecule has 0 bridgehead atoms. The molecule has 1 nitrogen and oxygen atoms in total. The van der Waals surface area contributed by atoms with Crippen LogP contribution in [0.4, 0.5) is 4.39 Å². The average Bonchev–Trinajstić information content (AvgIpc) is 2.83. The summed E-state index contributed by atoms with van der Waals surface area (Å²) in [5.74, 6) is -0.249. The van der Waals surface area contributed by atoms with E-state index in [0.717, 1.165) is 26.4 Å². The zero-order chi connectivity index (χ0) is 14.1. The minimum absolute atomic E-state index is 0.249. The molecule has 0 N–H and O–H groups in total. The molecule has 0 aliphatic rings. The van der Waals surface area contributed by atoms with Gasteiger partial charge >= 0.3 is 0 Å². The Morgan fingerprint density at radius 3 is 2.85 bits per heavy atom. The van der Waals surface area contributed by atoms with Gasteiger partial charge in [-0.1, -0.05) is 18.2 Å². The maximum Gasteiger partial charge on any atom is 0.123 e. The van der Waals surface area contributed by atoms with Crippen molar-refractivity contribution in [2.75, 3.05) is 0 Å². The first-order valence-electron chi connectivity index (χ1n) is 6.38. The van der Waals surface area contributed by atoms with Gasteiger partial charge in [-0.2, -0.15) is 0 Å². The summed E-state index contributed by atoms with van der Waals surface area (Å²) in [6, 6.07) is 12.7. The predicted octanol–water partition coefficient (Wildman–Crippen LogP) is 5.27. The van der Waals surface area contributed by atoms with Crippen LogP contribution < -0.4 is 0 Å². The lowest BCUT2D eigenvalue weighted by atomic mass is 10.0. The van der Waals surface area contributed by atoms with Crippen molar-refractivity contribution in [1.82, 2.24) is 4.98 Å². The smallest absolute Gasteiger partial charge is 0.123 e. The van der Waals surface area contributed by atoms with E-state index in [-0.39, 0.29) is 11.2 Å². The molecule has 0 fully saturated rings. The van der Waals surface area contributed by atoms with Crippen LogP contribution in [0.1, 0.15) is 21.5 Å². The van der Waals surface area contributed by atoms with Crippen molar-refractivity contribution >= 4 is 33.2 Å². The van der Waals surface area contributed by atoms with Gasteiger partial charge in [0.1, 0.15) is 5.82 Å². The van der Waals surface area contributed by atoms with Crippen molar-refractivity contribution in [3.63, 3.8) is 0 Å². The lowest BCUT2D eigenvalue weighted by Gasteiger charge is -2.11. The molecule has 0 saturated heterocycles. The number of aryl methyl sites for hydroxylation is 1. The van der Waals surface area contributed by atoms with Crippen molar-refractivity contribution in [1.29, 1.82) is 0 Å². The first kappa shape index (κ1) is 13.5. The second-order valence-electron chi connectivity index (χ2n) is 4.75. The maximum absolute atomic E-state index is 13.3. The van der Waals surface area contributed by atoms with Gasteiger partial charge in [-0.3, -0.25) is 0 Å². The Morgan fingerprint density at radius 1 is 1.25 bits per heavy atom. The molecule has 3 rings (SSSR count). The van der Waals surface area contributed by atoms with Crippen LogP contribution in [0.5, 0.6) is 0 Å². The van der Waals surface area contributed by atoms with Crippen LogP contribution in [-0.2, 0) is 6.42 Å². The number of hydrogen-bond acceptors (Lipinski definition) is 2. The number of fused-ring (bicyclic) bond motifs is 1. The molecule has 1 heterocycles. The number of hydrogen-bond donors (Lipinski definition) is 0. The highest BCUT2D eigenvalue weighted by Gasteiger charge is 2.15. The molecule has 1 atom stereocenters. The summed E-state index contributed by atoms with van der Waals surface area (Å²) in [4.78, 5) is 4.57. The third-order valence-corrected chi connectivity index (χ3v) is 4.72. The van der Waals surface area contributed by atoms with E-state index in [1.165, 1.54) is 12.1 Å². The molecule has 0 aliphatic heterocycles. The van der Waals surface area contributed by atoms with Gasteiger partial charge in [0.15, 0.2) is 0 Å². The fraction of sp³-hybridized carbons (Fsp3) is 0.188. The monoisotopic (exact) mass is 305 g/mol. The molecule has 0 radical (unpaired) electrons. The first-order chi connectivity index (χ1) is 9.63. The normalized spacial score (nSPS) is 12.8. The molecule has 2 aromatic carbocycles. The van der Waals surface area contributed by atoms with Crippen LogP contribution >= 0.6 is 22.9 Å². The Balaban J connectivity index is 1.88. The summed E-state index contributed by atoms with van der Waals surface area (Å²) in [7, 11) is 0. The number of para-hydroxylation sites is 1. The Labute approximate surface area is 126 Å². The molecule has 20 heavy (non-hydrogen) atoms. The van der Waals surface area contributed by atoms with E-state index in [9.17, 15) is 4.39 Å². The van der Waals surface area contributed by atoms with E-state index in [0.29, 0.717) is 6.42 Å². The van der Waals surface area contributed by atoms with E-state index in [4.69, 9.17) is 11.6 Å². The number of benzene rings is 2. The molecule has 1 unspecified atom stereocenters. The summed E-state index contributed by atoms with van der Waals surface area (Å²) in [5, 5.41) is 0.723. The Morgan fingerprint density at radius 2 is 2.05 bits per heavy atom. The number of halogens is 2. The van der Waals surface area contributed by atoms with Crippen LogP contribution in [0.3, 0.4) is 0 Å². The summed E-state index contributed by atoms with van der Waals surface area (Å²) in [6.07, 6.45) is 0.616. The predicted molar refractivity (Wildman–Crippen MR) is 83.1 cm³/mol. The van der Waals surface area contributed by atoms with E-state index < -0.39 is 0 Å². The van der Waals surface area contributed by atoms with Gasteiger partial charge < -0.3 is 0 Å². The summed E-state index contributed by atoms with van der Waals surface area (Å²) in [5.41, 5.74) is 2.84. The van der Waals surface area contributed by atoms with E-state index in [1.54, 1.807) is 17.4 Å². The summed E-state index contributed by atoms with van der Waals surface area (Å²) >= 11 is 8.09. The molecule has 0 spiro atoms. The van der Waals surface area contributed by atoms with Crippen LogP contribution in [0.25, 0.3) is 10.2 Å². The fourth-order valence-corrected chi connectivity index (χ4v) is 3.70. The number of aromatic nitrogens is 1. The lowest BCUT2D eigenvalue weighted by molar-refractivity contribution is 0.624. The Hall–Kier alpha value is -1.45. The number of thiazole rings is 1. The van der Waals surface area contributed by atoms with E-state index in [2.05, 4.69) is 4.98 Å². The first-order valence-corrected chi connectivity index (χ1v) is 7.63. The molecule has 0 saturated carbocycles. The molecule has 0 aliphatic carbocycles. The zero-order valence-corrected chi connectivity index (χ0v) is 12.5. The van der Waals surface area contributed by atoms with Crippen molar-refractivity contribution in [2.45, 2.75) is 18.7 Å². The zero-order valence-electron chi connectivity index (χ0n) is 10.9. The quantitative estimate of drug-likeness (QED) is 0.601. The highest BCUT2D eigenvalue weighted by Crippen LogP contribution is 2.31. The summed E-state index contributed by atoms with van der Waals surface area (Å²) in [6.45, 7) is 1.95. The summed E-state index contributed by atoms with van der Waals surface area (Å²) < 4.78 is 14.5. The number of nitrogens with zero attached hydrogens (tertiary/aromatic N) is 1. The fourth-order valence-electron chi connectivity index (χ4n) is 2.22. The van der Waals surface area contributed by atoms with E-state index in [1.807, 2.05) is 31.2 Å². The minimum Gasteiger partial charge on any atom is -0.241 e. The average molecular weight is 306 g/mol. The second-order valence-corrected chi connectivity index (χ2v) is 6.39. The molecule has 102 valence electrons. The highest BCUT2D eigenvalue weighted by atomic mass is 35.5. The van der Waals surface area contributed by atoms with Gasteiger partial charge in [0.05, 0.1) is 20.6 Å². The molecule has 0 amide bonds. The van der Waals surface area contributed by atoms with Crippen molar-refractivity contribution in [3.05, 3.63) is 64.4 Å². The van der Waals surface area contributed by atoms with Crippen molar-refractivity contribution in [2.24, 2.45) is 0 Å². The second kappa shape index (κ2) is 5.51. The van der Waals surface area contributed by atoms with Gasteiger partial charge in [0, 0.05) is 6.42 Å². The highest BCUT2D eigenvalue weighted by molar-refractivity contribution is 7.18. The molecule has 1 aromatic heterocycles. The third kappa shape index (κ3) is 2.69. The standard InChI is InChI=1S/C16H13ClFNS/c1-10-6-7-11(18)8-12(10)13(17)9-16-19-14-4-2-3-5-15(14)20-16/h2-8,13H,9H2,1H3. The van der Waals surface area contributed by atoms with E-state index >= 15 is 0 Å². The molecular formula is C16H13ClFNS. The lowest BCUT2D eigenvalue weighted by Crippen LogP contribution is -1.99. The van der Waals surface area contributed by atoms with Crippen LogP contribution in [0.15, 0.2) is 42.5 Å².